The summed E-state index contributed by atoms with van der Waals surface area (Å²) in [6.45, 7) is 7.97. The first-order chi connectivity index (χ1) is 7.39. The highest BCUT2D eigenvalue weighted by Gasteiger charge is 2.29. The van der Waals surface area contributed by atoms with Crippen molar-refractivity contribution in [1.82, 2.24) is 5.32 Å². The first-order valence-corrected chi connectivity index (χ1v) is 8.15. The summed E-state index contributed by atoms with van der Waals surface area (Å²) in [5.74, 6) is 1.67. The largest absolute Gasteiger partial charge is 0.313 e. The van der Waals surface area contributed by atoms with Gasteiger partial charge in [-0.2, -0.15) is 0 Å². The standard InChI is InChI=1S/C13H27NOS/c1-13(2,3)11-5-7-12(8-6-11)14-9-10-16(4)15/h11-12,14H,5-10H2,1-4H3. The lowest BCUT2D eigenvalue weighted by Crippen LogP contribution is -2.37. The van der Waals surface area contributed by atoms with E-state index < -0.39 is 10.8 Å². The van der Waals surface area contributed by atoms with Crippen LogP contribution in [0.4, 0.5) is 0 Å². The Morgan fingerprint density at radius 3 is 2.19 bits per heavy atom. The van der Waals surface area contributed by atoms with Gasteiger partial charge < -0.3 is 5.32 Å². The van der Waals surface area contributed by atoms with E-state index in [1.807, 2.05) is 0 Å². The Hall–Kier alpha value is 0.110. The van der Waals surface area contributed by atoms with Crippen LogP contribution in [0.15, 0.2) is 0 Å². The molecule has 2 nitrogen and oxygen atoms in total. The van der Waals surface area contributed by atoms with E-state index in [0.717, 1.165) is 18.2 Å². The van der Waals surface area contributed by atoms with E-state index in [1.54, 1.807) is 6.26 Å². The van der Waals surface area contributed by atoms with Crippen molar-refractivity contribution in [2.45, 2.75) is 52.5 Å². The molecule has 0 heterocycles. The topological polar surface area (TPSA) is 29.1 Å². The van der Waals surface area contributed by atoms with Crippen LogP contribution in [-0.2, 0) is 10.8 Å². The van der Waals surface area contributed by atoms with Crippen molar-refractivity contribution < 1.29 is 4.21 Å². The number of nitrogens with one attached hydrogen (secondary N) is 1. The highest BCUT2D eigenvalue weighted by atomic mass is 32.2. The fourth-order valence-electron chi connectivity index (χ4n) is 2.57. The molecule has 96 valence electrons. The zero-order valence-corrected chi connectivity index (χ0v) is 12.0. The molecule has 1 aliphatic carbocycles. The Balaban J connectivity index is 2.19. The molecule has 0 aromatic heterocycles. The summed E-state index contributed by atoms with van der Waals surface area (Å²) in [6, 6.07) is 0.669. The number of hydrogen-bond donors (Lipinski definition) is 1. The lowest BCUT2D eigenvalue weighted by molar-refractivity contribution is 0.161. The van der Waals surface area contributed by atoms with Gasteiger partial charge in [-0.15, -0.1) is 0 Å². The fraction of sp³-hybridized carbons (Fsp3) is 1.00. The first-order valence-electron chi connectivity index (χ1n) is 6.43. The molecule has 1 saturated carbocycles. The monoisotopic (exact) mass is 245 g/mol. The van der Waals surface area contributed by atoms with Crippen LogP contribution in [0.25, 0.3) is 0 Å². The van der Waals surface area contributed by atoms with Gasteiger partial charge in [0.2, 0.25) is 0 Å². The average Bonchev–Trinajstić information content (AvgIpc) is 2.16. The minimum Gasteiger partial charge on any atom is -0.313 e. The quantitative estimate of drug-likeness (QED) is 0.825. The normalized spacial score (nSPS) is 29.0. The van der Waals surface area contributed by atoms with E-state index >= 15 is 0 Å². The molecule has 0 aromatic rings. The van der Waals surface area contributed by atoms with Crippen LogP contribution in [0.1, 0.15) is 46.5 Å². The van der Waals surface area contributed by atoms with Crippen LogP contribution in [-0.4, -0.2) is 28.8 Å². The van der Waals surface area contributed by atoms with E-state index in [1.165, 1.54) is 25.7 Å². The summed E-state index contributed by atoms with van der Waals surface area (Å²) in [7, 11) is -0.653. The molecule has 0 radical (unpaired) electrons. The molecule has 1 unspecified atom stereocenters. The molecule has 1 rings (SSSR count). The van der Waals surface area contributed by atoms with Crippen LogP contribution < -0.4 is 5.32 Å². The van der Waals surface area contributed by atoms with Gasteiger partial charge in [-0.1, -0.05) is 20.8 Å². The Labute approximate surface area is 103 Å². The molecule has 1 N–H and O–H groups in total. The lowest BCUT2D eigenvalue weighted by Gasteiger charge is -2.37. The molecule has 3 heteroatoms. The van der Waals surface area contributed by atoms with Gasteiger partial charge in [-0.3, -0.25) is 4.21 Å². The average molecular weight is 245 g/mol. The van der Waals surface area contributed by atoms with Crippen LogP contribution in [0.3, 0.4) is 0 Å². The molecule has 0 amide bonds. The summed E-state index contributed by atoms with van der Waals surface area (Å²) >= 11 is 0. The van der Waals surface area contributed by atoms with Gasteiger partial charge >= 0.3 is 0 Å². The van der Waals surface area contributed by atoms with Crippen molar-refractivity contribution in [2.75, 3.05) is 18.6 Å². The van der Waals surface area contributed by atoms with Crippen LogP contribution in [0.2, 0.25) is 0 Å². The fourth-order valence-corrected chi connectivity index (χ4v) is 2.98. The highest BCUT2D eigenvalue weighted by Crippen LogP contribution is 2.37. The van der Waals surface area contributed by atoms with E-state index in [2.05, 4.69) is 26.1 Å². The smallest absolute Gasteiger partial charge is 0.0357 e. The van der Waals surface area contributed by atoms with Gasteiger partial charge in [0.1, 0.15) is 0 Å². The predicted molar refractivity (Wildman–Crippen MR) is 72.1 cm³/mol. The summed E-state index contributed by atoms with van der Waals surface area (Å²) < 4.78 is 10.9. The van der Waals surface area contributed by atoms with Gasteiger partial charge in [0.05, 0.1) is 0 Å². The minimum atomic E-state index is -0.653. The van der Waals surface area contributed by atoms with Crippen molar-refractivity contribution in [3.63, 3.8) is 0 Å². The van der Waals surface area contributed by atoms with Gasteiger partial charge in [-0.25, -0.2) is 0 Å². The summed E-state index contributed by atoms with van der Waals surface area (Å²) in [4.78, 5) is 0. The van der Waals surface area contributed by atoms with E-state index in [-0.39, 0.29) is 0 Å². The summed E-state index contributed by atoms with van der Waals surface area (Å²) in [5, 5.41) is 3.53. The minimum absolute atomic E-state index is 0.468. The second kappa shape index (κ2) is 6.15. The third kappa shape index (κ3) is 4.96. The maximum absolute atomic E-state index is 10.9. The Bertz CT molecular complexity index is 227. The zero-order valence-electron chi connectivity index (χ0n) is 11.2. The van der Waals surface area contributed by atoms with Crippen LogP contribution in [0, 0.1) is 11.3 Å². The molecule has 0 saturated heterocycles. The van der Waals surface area contributed by atoms with Crippen molar-refractivity contribution in [3.8, 4) is 0 Å². The summed E-state index contributed by atoms with van der Waals surface area (Å²) in [6.07, 6.45) is 7.04. The molecule has 16 heavy (non-hydrogen) atoms. The van der Waals surface area contributed by atoms with Gasteiger partial charge in [0.15, 0.2) is 0 Å². The maximum atomic E-state index is 10.9. The van der Waals surface area contributed by atoms with E-state index in [9.17, 15) is 4.21 Å². The van der Waals surface area contributed by atoms with Crippen molar-refractivity contribution in [3.05, 3.63) is 0 Å². The highest BCUT2D eigenvalue weighted by molar-refractivity contribution is 7.84. The second-order valence-electron chi connectivity index (χ2n) is 6.15. The summed E-state index contributed by atoms with van der Waals surface area (Å²) in [5.41, 5.74) is 0.468. The van der Waals surface area contributed by atoms with E-state index in [0.29, 0.717) is 11.5 Å². The van der Waals surface area contributed by atoms with Gasteiger partial charge in [-0.05, 0) is 37.0 Å². The molecule has 1 fully saturated rings. The molecular formula is C13H27NOS. The number of hydrogen-bond acceptors (Lipinski definition) is 2. The van der Waals surface area contributed by atoms with E-state index in [4.69, 9.17) is 0 Å². The molecule has 0 aliphatic heterocycles. The Morgan fingerprint density at radius 2 is 1.75 bits per heavy atom. The molecular weight excluding hydrogens is 218 g/mol. The molecule has 1 aliphatic rings. The molecule has 0 spiro atoms. The van der Waals surface area contributed by atoms with Crippen molar-refractivity contribution >= 4 is 10.8 Å². The van der Waals surface area contributed by atoms with Gasteiger partial charge in [0, 0.05) is 35.4 Å². The second-order valence-corrected chi connectivity index (χ2v) is 7.70. The predicted octanol–water partition coefficient (Wildman–Crippen LogP) is 2.56. The maximum Gasteiger partial charge on any atom is 0.0357 e. The molecule has 1 atom stereocenters. The van der Waals surface area contributed by atoms with Crippen molar-refractivity contribution in [1.29, 1.82) is 0 Å². The number of rotatable bonds is 4. The third-order valence-electron chi connectivity index (χ3n) is 3.77. The first kappa shape index (κ1) is 14.2. The van der Waals surface area contributed by atoms with Crippen molar-refractivity contribution in [2.24, 2.45) is 11.3 Å². The Morgan fingerprint density at radius 1 is 1.19 bits per heavy atom. The van der Waals surface area contributed by atoms with Crippen LogP contribution >= 0.6 is 0 Å². The van der Waals surface area contributed by atoms with Gasteiger partial charge in [0.25, 0.3) is 0 Å². The SMILES string of the molecule is CS(=O)CCNC1CCC(C(C)(C)C)CC1. The molecule has 0 aromatic carbocycles. The Kier molecular flexibility index (Phi) is 5.45. The zero-order chi connectivity index (χ0) is 12.2. The molecule has 0 bridgehead atoms. The third-order valence-corrected chi connectivity index (χ3v) is 4.55. The van der Waals surface area contributed by atoms with Crippen LogP contribution in [0.5, 0.6) is 0 Å². The lowest BCUT2D eigenvalue weighted by atomic mass is 9.71.